The molecule has 1 N–H and O–H groups in total. The van der Waals surface area contributed by atoms with Crippen molar-refractivity contribution in [1.82, 2.24) is 5.43 Å². The molecule has 0 bridgehead atoms. The number of hydrazone groups is 1. The van der Waals surface area contributed by atoms with Gasteiger partial charge in [0.2, 0.25) is 5.91 Å². The Labute approximate surface area is 162 Å². The van der Waals surface area contributed by atoms with Crippen LogP contribution in [0.2, 0.25) is 0 Å². The summed E-state index contributed by atoms with van der Waals surface area (Å²) in [5, 5.41) is 3.83. The molecule has 0 aliphatic carbocycles. The Hall–Kier alpha value is -2.55. The monoisotopic (exact) mass is 444 g/mol. The average molecular weight is 445 g/mol. The minimum atomic E-state index is -4.46. The number of rotatable bonds is 6. The van der Waals surface area contributed by atoms with E-state index in [2.05, 4.69) is 26.5 Å². The van der Waals surface area contributed by atoms with Crippen molar-refractivity contribution >= 4 is 28.1 Å². The first-order valence-corrected chi connectivity index (χ1v) is 8.43. The molecule has 2 aromatic rings. The molecule has 5 nitrogen and oxygen atoms in total. The predicted octanol–water partition coefficient (Wildman–Crippen LogP) is 4.18. The van der Waals surface area contributed by atoms with Crippen LogP contribution in [0.4, 0.5) is 13.2 Å². The van der Waals surface area contributed by atoms with Gasteiger partial charge in [-0.15, -0.1) is 0 Å². The van der Waals surface area contributed by atoms with Gasteiger partial charge in [0.15, 0.2) is 0 Å². The first-order chi connectivity index (χ1) is 12.7. The molecule has 144 valence electrons. The van der Waals surface area contributed by atoms with Crippen LogP contribution in [0.1, 0.15) is 16.7 Å². The summed E-state index contributed by atoms with van der Waals surface area (Å²) in [4.78, 5) is 11.9. The summed E-state index contributed by atoms with van der Waals surface area (Å²) in [6.45, 7) is 0. The number of methoxy groups -OCH3 is 2. The molecule has 0 spiro atoms. The standard InChI is InChI=1S/C18H16BrF3N2O3/c1-26-15-9-16(27-2)14(19)8-12(15)10-23-24-17(25)7-11-4-3-5-13(6-11)18(20,21)22/h3-6,8-10H,7H2,1-2H3,(H,24,25)/b23-10-. The number of hydrogen-bond donors (Lipinski definition) is 1. The van der Waals surface area contributed by atoms with E-state index < -0.39 is 17.6 Å². The number of carbonyl (C=O) groups is 1. The maximum Gasteiger partial charge on any atom is 0.416 e. The van der Waals surface area contributed by atoms with E-state index in [0.29, 0.717) is 21.5 Å². The second-order valence-electron chi connectivity index (χ2n) is 5.40. The summed E-state index contributed by atoms with van der Waals surface area (Å²) in [6.07, 6.45) is -3.32. The van der Waals surface area contributed by atoms with Crippen molar-refractivity contribution < 1.29 is 27.4 Å². The van der Waals surface area contributed by atoms with E-state index in [4.69, 9.17) is 9.47 Å². The third-order valence-electron chi connectivity index (χ3n) is 3.52. The van der Waals surface area contributed by atoms with Crippen LogP contribution in [0.5, 0.6) is 11.5 Å². The minimum Gasteiger partial charge on any atom is -0.496 e. The van der Waals surface area contributed by atoms with Crippen LogP contribution in [0.3, 0.4) is 0 Å². The van der Waals surface area contributed by atoms with Gasteiger partial charge in [0, 0.05) is 11.6 Å². The highest BCUT2D eigenvalue weighted by Gasteiger charge is 2.30. The highest BCUT2D eigenvalue weighted by atomic mass is 79.9. The first kappa shape index (κ1) is 20.8. The zero-order valence-corrected chi connectivity index (χ0v) is 16.0. The number of carbonyl (C=O) groups excluding carboxylic acids is 1. The van der Waals surface area contributed by atoms with Crippen molar-refractivity contribution in [2.24, 2.45) is 5.10 Å². The maximum atomic E-state index is 12.7. The van der Waals surface area contributed by atoms with E-state index in [-0.39, 0.29) is 12.0 Å². The number of ether oxygens (including phenoxy) is 2. The lowest BCUT2D eigenvalue weighted by Crippen LogP contribution is -2.20. The molecule has 0 saturated heterocycles. The molecular formula is C18H16BrF3N2O3. The first-order valence-electron chi connectivity index (χ1n) is 7.64. The van der Waals surface area contributed by atoms with E-state index >= 15 is 0 Å². The number of hydrogen-bond acceptors (Lipinski definition) is 4. The fourth-order valence-electron chi connectivity index (χ4n) is 2.24. The number of halogens is 4. The van der Waals surface area contributed by atoms with Gasteiger partial charge in [-0.3, -0.25) is 4.79 Å². The van der Waals surface area contributed by atoms with Gasteiger partial charge >= 0.3 is 6.18 Å². The zero-order chi connectivity index (χ0) is 20.0. The van der Waals surface area contributed by atoms with Gasteiger partial charge in [0.05, 0.1) is 36.9 Å². The fourth-order valence-corrected chi connectivity index (χ4v) is 2.76. The van der Waals surface area contributed by atoms with Gasteiger partial charge in [0.25, 0.3) is 0 Å². The highest BCUT2D eigenvalue weighted by Crippen LogP contribution is 2.32. The lowest BCUT2D eigenvalue weighted by atomic mass is 10.1. The Bertz CT molecular complexity index is 854. The smallest absolute Gasteiger partial charge is 0.416 e. The van der Waals surface area contributed by atoms with Crippen LogP contribution < -0.4 is 14.9 Å². The highest BCUT2D eigenvalue weighted by molar-refractivity contribution is 9.10. The van der Waals surface area contributed by atoms with E-state index in [1.807, 2.05) is 0 Å². The van der Waals surface area contributed by atoms with E-state index in [0.717, 1.165) is 12.1 Å². The predicted molar refractivity (Wildman–Crippen MR) is 98.1 cm³/mol. The van der Waals surface area contributed by atoms with Gasteiger partial charge < -0.3 is 9.47 Å². The molecule has 0 heterocycles. The summed E-state index contributed by atoms with van der Waals surface area (Å²) in [5.74, 6) is 0.501. The summed E-state index contributed by atoms with van der Waals surface area (Å²) in [5.41, 5.74) is 2.29. The van der Waals surface area contributed by atoms with Gasteiger partial charge in [-0.05, 0) is 33.6 Å². The maximum absolute atomic E-state index is 12.7. The molecule has 2 aromatic carbocycles. The lowest BCUT2D eigenvalue weighted by molar-refractivity contribution is -0.137. The van der Waals surface area contributed by atoms with E-state index in [9.17, 15) is 18.0 Å². The molecule has 0 aromatic heterocycles. The van der Waals surface area contributed by atoms with E-state index in [1.165, 1.54) is 32.6 Å². The number of amides is 1. The Morgan fingerprint density at radius 1 is 1.19 bits per heavy atom. The topological polar surface area (TPSA) is 59.9 Å². The second kappa shape index (κ2) is 8.90. The number of alkyl halides is 3. The molecule has 0 atom stereocenters. The van der Waals surface area contributed by atoms with Gasteiger partial charge in [-0.2, -0.15) is 18.3 Å². The van der Waals surface area contributed by atoms with Gasteiger partial charge in [0.1, 0.15) is 11.5 Å². The molecule has 1 amide bonds. The Balaban J connectivity index is 2.05. The fraction of sp³-hybridized carbons (Fsp3) is 0.222. The molecule has 0 radical (unpaired) electrons. The summed E-state index contributed by atoms with van der Waals surface area (Å²) in [7, 11) is 2.99. The van der Waals surface area contributed by atoms with Crippen LogP contribution >= 0.6 is 15.9 Å². The van der Waals surface area contributed by atoms with Crippen LogP contribution in [0, 0.1) is 0 Å². The normalized spacial score (nSPS) is 11.5. The van der Waals surface area contributed by atoms with Crippen LogP contribution in [-0.2, 0) is 17.4 Å². The van der Waals surface area contributed by atoms with Crippen LogP contribution in [0.15, 0.2) is 46.0 Å². The Kier molecular flexibility index (Phi) is 6.84. The van der Waals surface area contributed by atoms with Crippen molar-refractivity contribution in [3.63, 3.8) is 0 Å². The third-order valence-corrected chi connectivity index (χ3v) is 4.14. The summed E-state index contributed by atoms with van der Waals surface area (Å²) >= 11 is 3.34. The molecule has 2 rings (SSSR count). The number of benzene rings is 2. The Morgan fingerprint density at radius 2 is 1.89 bits per heavy atom. The van der Waals surface area contributed by atoms with Crippen molar-refractivity contribution in [3.05, 3.63) is 57.6 Å². The van der Waals surface area contributed by atoms with E-state index in [1.54, 1.807) is 12.1 Å². The van der Waals surface area contributed by atoms with Gasteiger partial charge in [-0.25, -0.2) is 5.43 Å². The van der Waals surface area contributed by atoms with Crippen LogP contribution in [-0.4, -0.2) is 26.3 Å². The van der Waals surface area contributed by atoms with Crippen molar-refractivity contribution in [2.75, 3.05) is 14.2 Å². The zero-order valence-electron chi connectivity index (χ0n) is 14.4. The number of nitrogens with one attached hydrogen (secondary N) is 1. The molecule has 27 heavy (non-hydrogen) atoms. The van der Waals surface area contributed by atoms with Gasteiger partial charge in [-0.1, -0.05) is 18.2 Å². The summed E-state index contributed by atoms with van der Waals surface area (Å²) < 4.78 is 49.2. The molecular weight excluding hydrogens is 429 g/mol. The minimum absolute atomic E-state index is 0.231. The second-order valence-corrected chi connectivity index (χ2v) is 6.25. The van der Waals surface area contributed by atoms with Crippen molar-refractivity contribution in [3.8, 4) is 11.5 Å². The lowest BCUT2D eigenvalue weighted by Gasteiger charge is -2.09. The molecule has 9 heteroatoms. The SMILES string of the molecule is COc1cc(OC)c(/C=N\NC(=O)Cc2cccc(C(F)(F)F)c2)cc1Br. The average Bonchev–Trinajstić information content (AvgIpc) is 2.61. The van der Waals surface area contributed by atoms with Crippen molar-refractivity contribution in [2.45, 2.75) is 12.6 Å². The molecule has 0 unspecified atom stereocenters. The molecule has 0 saturated carbocycles. The van der Waals surface area contributed by atoms with Crippen molar-refractivity contribution in [1.29, 1.82) is 0 Å². The quantitative estimate of drug-likeness (QED) is 0.536. The molecule has 0 fully saturated rings. The Morgan fingerprint density at radius 3 is 2.52 bits per heavy atom. The number of nitrogens with zero attached hydrogens (tertiary/aromatic N) is 1. The summed E-state index contributed by atoms with van der Waals surface area (Å²) in [6, 6.07) is 7.94. The molecule has 0 aliphatic heterocycles. The molecule has 0 aliphatic rings. The van der Waals surface area contributed by atoms with Crippen LogP contribution in [0.25, 0.3) is 0 Å². The largest absolute Gasteiger partial charge is 0.496 e. The third kappa shape index (κ3) is 5.72.